The van der Waals surface area contributed by atoms with E-state index < -0.39 is 0 Å². The zero-order valence-electron chi connectivity index (χ0n) is 8.55. The molecule has 78 valence electrons. The quantitative estimate of drug-likeness (QED) is 0.689. The number of anilines is 1. The Morgan fingerprint density at radius 1 is 1.06 bits per heavy atom. The number of rotatable bonds is 1. The summed E-state index contributed by atoms with van der Waals surface area (Å²) in [7, 11) is 0. The highest BCUT2D eigenvalue weighted by Crippen LogP contribution is 2.34. The number of aromatic nitrogens is 1. The van der Waals surface area contributed by atoms with E-state index in [0.717, 1.165) is 11.3 Å². The Balaban J connectivity index is 2.34. The number of hydrogen-bond acceptors (Lipinski definition) is 3. The number of hydrogen-bond donors (Lipinski definition) is 1. The normalized spacial score (nSPS) is 10.8. The van der Waals surface area contributed by atoms with E-state index in [1.54, 1.807) is 23.7 Å². The highest BCUT2D eigenvalue weighted by molar-refractivity contribution is 7.17. The third-order valence-corrected chi connectivity index (χ3v) is 3.58. The predicted octanol–water partition coefficient (Wildman–Crippen LogP) is 3.55. The minimum absolute atomic E-state index is 0.725. The Labute approximate surface area is 97.4 Å². The molecule has 1 aromatic carbocycles. The summed E-state index contributed by atoms with van der Waals surface area (Å²) in [6, 6.07) is 10.4. The zero-order valence-corrected chi connectivity index (χ0v) is 9.37. The SMILES string of the molecule is Nc1cnccc1-c1cccc2ccsc12. The first-order valence-corrected chi connectivity index (χ1v) is 5.90. The van der Waals surface area contributed by atoms with Crippen molar-refractivity contribution < 1.29 is 0 Å². The van der Waals surface area contributed by atoms with E-state index in [-0.39, 0.29) is 0 Å². The van der Waals surface area contributed by atoms with Crippen molar-refractivity contribution in [3.63, 3.8) is 0 Å². The summed E-state index contributed by atoms with van der Waals surface area (Å²) in [4.78, 5) is 4.02. The van der Waals surface area contributed by atoms with Gasteiger partial charge in [-0.25, -0.2) is 0 Å². The molecule has 0 fully saturated rings. The molecule has 2 aromatic heterocycles. The lowest BCUT2D eigenvalue weighted by Crippen LogP contribution is -1.90. The monoisotopic (exact) mass is 226 g/mol. The Morgan fingerprint density at radius 3 is 2.88 bits per heavy atom. The van der Waals surface area contributed by atoms with Gasteiger partial charge in [-0.2, -0.15) is 0 Å². The lowest BCUT2D eigenvalue weighted by Gasteiger charge is -2.05. The van der Waals surface area contributed by atoms with Crippen LogP contribution in [0.3, 0.4) is 0 Å². The van der Waals surface area contributed by atoms with Crippen LogP contribution >= 0.6 is 11.3 Å². The second-order valence-electron chi connectivity index (χ2n) is 3.61. The van der Waals surface area contributed by atoms with E-state index in [9.17, 15) is 0 Å². The van der Waals surface area contributed by atoms with Gasteiger partial charge < -0.3 is 5.73 Å². The van der Waals surface area contributed by atoms with Gasteiger partial charge in [0.05, 0.1) is 11.9 Å². The third-order valence-electron chi connectivity index (χ3n) is 2.62. The molecule has 3 heteroatoms. The molecule has 0 saturated heterocycles. The summed E-state index contributed by atoms with van der Waals surface area (Å²) < 4.78 is 1.28. The minimum atomic E-state index is 0.725. The second-order valence-corrected chi connectivity index (χ2v) is 4.52. The van der Waals surface area contributed by atoms with E-state index in [4.69, 9.17) is 5.73 Å². The highest BCUT2D eigenvalue weighted by atomic mass is 32.1. The molecule has 16 heavy (non-hydrogen) atoms. The van der Waals surface area contributed by atoms with Gasteiger partial charge in [0, 0.05) is 22.0 Å². The minimum Gasteiger partial charge on any atom is -0.397 e. The highest BCUT2D eigenvalue weighted by Gasteiger charge is 2.07. The Morgan fingerprint density at radius 2 is 2.00 bits per heavy atom. The van der Waals surface area contributed by atoms with E-state index in [2.05, 4.69) is 34.6 Å². The molecule has 0 spiro atoms. The summed E-state index contributed by atoms with van der Waals surface area (Å²) in [5.74, 6) is 0. The molecule has 0 aliphatic carbocycles. The fourth-order valence-electron chi connectivity index (χ4n) is 1.86. The Bertz CT molecular complexity index is 643. The van der Waals surface area contributed by atoms with Crippen molar-refractivity contribution in [3.05, 3.63) is 48.1 Å². The van der Waals surface area contributed by atoms with E-state index >= 15 is 0 Å². The number of nitrogen functional groups attached to an aromatic ring is 1. The molecule has 0 radical (unpaired) electrons. The summed E-state index contributed by atoms with van der Waals surface area (Å²) >= 11 is 1.74. The van der Waals surface area contributed by atoms with Crippen molar-refractivity contribution in [3.8, 4) is 11.1 Å². The maximum atomic E-state index is 5.95. The largest absolute Gasteiger partial charge is 0.397 e. The maximum Gasteiger partial charge on any atom is 0.0580 e. The van der Waals surface area contributed by atoms with Crippen molar-refractivity contribution in [2.45, 2.75) is 0 Å². The number of nitrogens with two attached hydrogens (primary N) is 1. The first kappa shape index (κ1) is 9.36. The van der Waals surface area contributed by atoms with Gasteiger partial charge >= 0.3 is 0 Å². The number of benzene rings is 1. The summed E-state index contributed by atoms with van der Waals surface area (Å²) in [5, 5.41) is 3.37. The first-order chi connectivity index (χ1) is 7.86. The van der Waals surface area contributed by atoms with Gasteiger partial charge in [-0.15, -0.1) is 11.3 Å². The fourth-order valence-corrected chi connectivity index (χ4v) is 2.78. The van der Waals surface area contributed by atoms with Gasteiger partial charge in [-0.05, 0) is 22.9 Å². The molecule has 3 aromatic rings. The first-order valence-electron chi connectivity index (χ1n) is 5.02. The van der Waals surface area contributed by atoms with Crippen LogP contribution in [0.2, 0.25) is 0 Å². The molecule has 0 saturated carbocycles. The van der Waals surface area contributed by atoms with E-state index in [1.165, 1.54) is 15.6 Å². The number of nitrogens with zero attached hydrogens (tertiary/aromatic N) is 1. The van der Waals surface area contributed by atoms with Crippen LogP contribution in [0.5, 0.6) is 0 Å². The van der Waals surface area contributed by atoms with Crippen LogP contribution < -0.4 is 5.73 Å². The maximum absolute atomic E-state index is 5.95. The lowest BCUT2D eigenvalue weighted by atomic mass is 10.0. The van der Waals surface area contributed by atoms with E-state index in [0.29, 0.717) is 0 Å². The molecule has 0 aliphatic heterocycles. The topological polar surface area (TPSA) is 38.9 Å². The number of fused-ring (bicyclic) bond motifs is 1. The molecule has 2 heterocycles. The number of thiophene rings is 1. The molecule has 0 aliphatic rings. The van der Waals surface area contributed by atoms with Crippen LogP contribution in [0, 0.1) is 0 Å². The number of pyridine rings is 1. The zero-order chi connectivity index (χ0) is 11.0. The van der Waals surface area contributed by atoms with Crippen molar-refractivity contribution in [2.24, 2.45) is 0 Å². The van der Waals surface area contributed by atoms with Crippen LogP contribution in [-0.4, -0.2) is 4.98 Å². The molecule has 3 rings (SSSR count). The molecule has 0 bridgehead atoms. The molecule has 2 N–H and O–H groups in total. The van der Waals surface area contributed by atoms with Crippen LogP contribution in [0.25, 0.3) is 21.2 Å². The smallest absolute Gasteiger partial charge is 0.0580 e. The molecular formula is C13H10N2S. The molecular weight excluding hydrogens is 216 g/mol. The van der Waals surface area contributed by atoms with Crippen molar-refractivity contribution >= 4 is 27.1 Å². The van der Waals surface area contributed by atoms with Crippen LogP contribution in [0.4, 0.5) is 5.69 Å². The predicted molar refractivity (Wildman–Crippen MR) is 69.5 cm³/mol. The second kappa shape index (κ2) is 3.61. The van der Waals surface area contributed by atoms with Gasteiger partial charge in [-0.1, -0.05) is 18.2 Å². The van der Waals surface area contributed by atoms with Crippen molar-refractivity contribution in [1.82, 2.24) is 4.98 Å². The van der Waals surface area contributed by atoms with Gasteiger partial charge in [0.25, 0.3) is 0 Å². The van der Waals surface area contributed by atoms with Gasteiger partial charge in [-0.3, -0.25) is 4.98 Å². The molecule has 0 atom stereocenters. The van der Waals surface area contributed by atoms with Gasteiger partial charge in [0.2, 0.25) is 0 Å². The van der Waals surface area contributed by atoms with Gasteiger partial charge in [0.15, 0.2) is 0 Å². The summed E-state index contributed by atoms with van der Waals surface area (Å²) in [6.07, 6.45) is 3.47. The standard InChI is InChI=1S/C13H10N2S/c14-12-8-15-6-4-10(12)11-3-1-2-9-5-7-16-13(9)11/h1-8H,14H2. The van der Waals surface area contributed by atoms with Crippen LogP contribution in [-0.2, 0) is 0 Å². The summed E-state index contributed by atoms with van der Waals surface area (Å²) in [5.41, 5.74) is 8.93. The molecule has 0 unspecified atom stereocenters. The van der Waals surface area contributed by atoms with E-state index in [1.807, 2.05) is 6.07 Å². The van der Waals surface area contributed by atoms with Crippen molar-refractivity contribution in [2.75, 3.05) is 5.73 Å². The Hall–Kier alpha value is -1.87. The van der Waals surface area contributed by atoms with Crippen molar-refractivity contribution in [1.29, 1.82) is 0 Å². The average Bonchev–Trinajstić information content (AvgIpc) is 2.77. The van der Waals surface area contributed by atoms with Crippen LogP contribution in [0.15, 0.2) is 48.1 Å². The lowest BCUT2D eigenvalue weighted by molar-refractivity contribution is 1.33. The fraction of sp³-hybridized carbons (Fsp3) is 0. The summed E-state index contributed by atoms with van der Waals surface area (Å²) in [6.45, 7) is 0. The van der Waals surface area contributed by atoms with Crippen LogP contribution in [0.1, 0.15) is 0 Å². The molecule has 0 amide bonds. The van der Waals surface area contributed by atoms with Gasteiger partial charge in [0.1, 0.15) is 0 Å². The average molecular weight is 226 g/mol. The third kappa shape index (κ3) is 1.37. The Kier molecular flexibility index (Phi) is 2.11. The molecule has 2 nitrogen and oxygen atoms in total.